The predicted octanol–water partition coefficient (Wildman–Crippen LogP) is 6.03. The van der Waals surface area contributed by atoms with Gasteiger partial charge in [-0.25, -0.2) is 4.98 Å². The Hall–Kier alpha value is -4.37. The van der Waals surface area contributed by atoms with E-state index < -0.39 is 0 Å². The molecule has 6 heterocycles. The lowest BCUT2D eigenvalue weighted by molar-refractivity contribution is -0.116. The van der Waals surface area contributed by atoms with Crippen LogP contribution in [0.5, 0.6) is 0 Å². The van der Waals surface area contributed by atoms with Crippen LogP contribution in [0.25, 0.3) is 55.0 Å². The van der Waals surface area contributed by atoms with Crippen LogP contribution in [0.1, 0.15) is 19.8 Å². The largest absolute Gasteiger partial charge is 0.338 e. The van der Waals surface area contributed by atoms with E-state index >= 15 is 0 Å². The quantitative estimate of drug-likeness (QED) is 0.270. The topological polar surface area (TPSA) is 112 Å². The number of aromatic nitrogens is 6. The van der Waals surface area contributed by atoms with Crippen molar-refractivity contribution in [2.45, 2.75) is 19.8 Å². The highest BCUT2D eigenvalue weighted by atomic mass is 32.1. The summed E-state index contributed by atoms with van der Waals surface area (Å²) in [5.74, 6) is -0.0266. The maximum Gasteiger partial charge on any atom is 0.224 e. The Balaban J connectivity index is 1.40. The van der Waals surface area contributed by atoms with E-state index in [1.165, 1.54) is 4.88 Å². The fourth-order valence-corrected chi connectivity index (χ4v) is 4.95. The highest BCUT2D eigenvalue weighted by molar-refractivity contribution is 7.13. The van der Waals surface area contributed by atoms with Crippen LogP contribution in [0.3, 0.4) is 0 Å². The zero-order valence-corrected chi connectivity index (χ0v) is 19.7. The predicted molar refractivity (Wildman–Crippen MR) is 139 cm³/mol. The summed E-state index contributed by atoms with van der Waals surface area (Å²) in [6.45, 7) is 1.97. The number of H-pyrrole nitrogens is 2. The monoisotopic (exact) mass is 479 g/mol. The third kappa shape index (κ3) is 3.95. The molecule has 1 amide bonds. The Morgan fingerprint density at radius 3 is 2.89 bits per heavy atom. The number of carbonyl (C=O) groups excluding carboxylic acids is 1. The Bertz CT molecular complexity index is 1670. The second-order valence-corrected chi connectivity index (χ2v) is 9.18. The van der Waals surface area contributed by atoms with E-state index in [0.717, 1.165) is 56.6 Å². The van der Waals surface area contributed by atoms with E-state index in [1.54, 1.807) is 29.9 Å². The summed E-state index contributed by atoms with van der Waals surface area (Å²) in [7, 11) is 0. The Morgan fingerprint density at radius 1 is 1.09 bits per heavy atom. The lowest BCUT2D eigenvalue weighted by atomic mass is 10.1. The average molecular weight is 480 g/mol. The normalized spacial score (nSPS) is 11.3. The van der Waals surface area contributed by atoms with E-state index in [-0.39, 0.29) is 5.91 Å². The van der Waals surface area contributed by atoms with Gasteiger partial charge in [-0.2, -0.15) is 5.10 Å². The highest BCUT2D eigenvalue weighted by Crippen LogP contribution is 2.35. The van der Waals surface area contributed by atoms with Gasteiger partial charge in [0.15, 0.2) is 0 Å². The molecule has 0 saturated heterocycles. The van der Waals surface area contributed by atoms with Gasteiger partial charge in [0.25, 0.3) is 0 Å². The molecule has 6 rings (SSSR count). The first-order chi connectivity index (χ1) is 17.2. The fraction of sp³-hybridized carbons (Fsp3) is 0.115. The Morgan fingerprint density at radius 2 is 2.03 bits per heavy atom. The molecule has 9 heteroatoms. The van der Waals surface area contributed by atoms with Crippen molar-refractivity contribution in [2.24, 2.45) is 0 Å². The summed E-state index contributed by atoms with van der Waals surface area (Å²) in [4.78, 5) is 30.0. The number of hydrogen-bond donors (Lipinski definition) is 3. The molecule has 6 aromatic rings. The van der Waals surface area contributed by atoms with Crippen LogP contribution in [0, 0.1) is 0 Å². The van der Waals surface area contributed by atoms with Crippen molar-refractivity contribution in [3.8, 4) is 33.1 Å². The van der Waals surface area contributed by atoms with Crippen LogP contribution in [-0.4, -0.2) is 36.0 Å². The van der Waals surface area contributed by atoms with Crippen LogP contribution in [0.4, 0.5) is 5.69 Å². The van der Waals surface area contributed by atoms with Gasteiger partial charge in [-0.15, -0.1) is 11.3 Å². The summed E-state index contributed by atoms with van der Waals surface area (Å²) in [6.07, 6.45) is 8.23. The average Bonchev–Trinajstić information content (AvgIpc) is 3.63. The van der Waals surface area contributed by atoms with Gasteiger partial charge in [0, 0.05) is 45.6 Å². The SMILES string of the molecule is CCCC(=O)Nc1cncc(-c2cc3c(-c4cc5c(-c6cccs6)ccnc5[nH]4)n[nH]c3cn2)c1. The minimum Gasteiger partial charge on any atom is -0.338 e. The number of anilines is 1. The minimum atomic E-state index is -0.0266. The van der Waals surface area contributed by atoms with Gasteiger partial charge in [-0.05, 0) is 42.1 Å². The molecule has 0 fully saturated rings. The van der Waals surface area contributed by atoms with Crippen molar-refractivity contribution < 1.29 is 4.79 Å². The second kappa shape index (κ2) is 8.77. The number of carbonyl (C=O) groups is 1. The van der Waals surface area contributed by atoms with Crippen LogP contribution >= 0.6 is 11.3 Å². The van der Waals surface area contributed by atoms with E-state index in [1.807, 2.05) is 31.3 Å². The van der Waals surface area contributed by atoms with E-state index in [2.05, 4.69) is 59.0 Å². The van der Waals surface area contributed by atoms with Gasteiger partial charge in [0.2, 0.25) is 5.91 Å². The summed E-state index contributed by atoms with van der Waals surface area (Å²) < 4.78 is 0. The van der Waals surface area contributed by atoms with Crippen molar-refractivity contribution in [3.05, 3.63) is 66.6 Å². The smallest absolute Gasteiger partial charge is 0.224 e. The summed E-state index contributed by atoms with van der Waals surface area (Å²) in [6, 6.07) is 12.2. The van der Waals surface area contributed by atoms with Crippen molar-refractivity contribution >= 4 is 44.9 Å². The third-order valence-corrected chi connectivity index (χ3v) is 6.72. The lowest BCUT2D eigenvalue weighted by Crippen LogP contribution is -2.10. The first kappa shape index (κ1) is 21.2. The van der Waals surface area contributed by atoms with Gasteiger partial charge in [0.05, 0.1) is 35.0 Å². The van der Waals surface area contributed by atoms with Gasteiger partial charge in [-0.3, -0.25) is 19.9 Å². The molecule has 172 valence electrons. The third-order valence-electron chi connectivity index (χ3n) is 5.82. The van der Waals surface area contributed by atoms with Crippen molar-refractivity contribution in [3.63, 3.8) is 0 Å². The van der Waals surface area contributed by atoms with E-state index in [0.29, 0.717) is 12.1 Å². The molecule has 0 aromatic carbocycles. The van der Waals surface area contributed by atoms with Crippen molar-refractivity contribution in [1.29, 1.82) is 0 Å². The molecule has 0 unspecified atom stereocenters. The molecule has 0 spiro atoms. The number of thiophene rings is 1. The maximum atomic E-state index is 12.0. The standard InChI is InChI=1S/C26H21N7OS/c1-2-4-24(34)30-16-9-15(12-27-13-16)20-11-19-22(14-29-20)32-33-25(19)21-10-18-17(23-5-3-8-35-23)6-7-28-26(18)31-21/h3,5-14H,2,4H2,1H3,(H,28,31)(H,30,34)(H,32,33). The molecule has 0 aliphatic heterocycles. The molecule has 3 N–H and O–H groups in total. The summed E-state index contributed by atoms with van der Waals surface area (Å²) >= 11 is 1.70. The molecule has 0 saturated carbocycles. The number of rotatable bonds is 6. The number of pyridine rings is 3. The van der Waals surface area contributed by atoms with Gasteiger partial charge in [0.1, 0.15) is 11.3 Å². The number of aromatic amines is 2. The van der Waals surface area contributed by atoms with Crippen LogP contribution in [0.15, 0.2) is 66.6 Å². The Kier molecular flexibility index (Phi) is 5.31. The molecule has 0 bridgehead atoms. The van der Waals surface area contributed by atoms with Crippen molar-refractivity contribution in [1.82, 2.24) is 30.1 Å². The molecule has 0 aliphatic carbocycles. The molecule has 6 aromatic heterocycles. The number of nitrogens with zero attached hydrogens (tertiary/aromatic N) is 4. The molecule has 0 aliphatic rings. The number of fused-ring (bicyclic) bond motifs is 2. The maximum absolute atomic E-state index is 12.0. The number of nitrogens with one attached hydrogen (secondary N) is 3. The van der Waals surface area contributed by atoms with Crippen molar-refractivity contribution in [2.75, 3.05) is 5.32 Å². The van der Waals surface area contributed by atoms with E-state index in [4.69, 9.17) is 0 Å². The zero-order chi connectivity index (χ0) is 23.8. The molecule has 0 atom stereocenters. The molecule has 35 heavy (non-hydrogen) atoms. The first-order valence-corrected chi connectivity index (χ1v) is 12.2. The fourth-order valence-electron chi connectivity index (χ4n) is 4.18. The first-order valence-electron chi connectivity index (χ1n) is 11.3. The highest BCUT2D eigenvalue weighted by Gasteiger charge is 2.16. The van der Waals surface area contributed by atoms with Gasteiger partial charge in [-0.1, -0.05) is 13.0 Å². The lowest BCUT2D eigenvalue weighted by Gasteiger charge is -2.06. The molecular formula is C26H21N7OS. The molecular weight excluding hydrogens is 458 g/mol. The van der Waals surface area contributed by atoms with E-state index in [9.17, 15) is 4.79 Å². The van der Waals surface area contributed by atoms with Crippen LogP contribution in [0.2, 0.25) is 0 Å². The second-order valence-electron chi connectivity index (χ2n) is 8.23. The molecule has 8 nitrogen and oxygen atoms in total. The summed E-state index contributed by atoms with van der Waals surface area (Å²) in [5, 5.41) is 14.6. The minimum absolute atomic E-state index is 0.0266. The summed E-state index contributed by atoms with van der Waals surface area (Å²) in [5.41, 5.74) is 6.66. The van der Waals surface area contributed by atoms with Gasteiger partial charge >= 0.3 is 0 Å². The van der Waals surface area contributed by atoms with Crippen LogP contribution < -0.4 is 5.32 Å². The number of hydrogen-bond acceptors (Lipinski definition) is 6. The Labute approximate surface area is 204 Å². The van der Waals surface area contributed by atoms with Crippen LogP contribution in [-0.2, 0) is 4.79 Å². The number of amides is 1. The zero-order valence-electron chi connectivity index (χ0n) is 18.9. The van der Waals surface area contributed by atoms with Gasteiger partial charge < -0.3 is 10.3 Å². The molecule has 0 radical (unpaired) electrons.